The smallest absolute Gasteiger partial charge is 0.134 e. The summed E-state index contributed by atoms with van der Waals surface area (Å²) in [5, 5.41) is 4.96. The molecular weight excluding hydrogens is 258 g/mol. The molecule has 116 valence electrons. The molecule has 0 spiro atoms. The molecule has 0 amide bonds. The third kappa shape index (κ3) is 3.88. The average molecular weight is 287 g/mol. The summed E-state index contributed by atoms with van der Waals surface area (Å²) in [5.74, 6) is 1.15. The van der Waals surface area contributed by atoms with Gasteiger partial charge in [-0.2, -0.15) is 0 Å². The number of hydrogen-bond acceptors (Lipinski definition) is 2. The van der Waals surface area contributed by atoms with E-state index in [1.54, 1.807) is 0 Å². The SMILES string of the molecule is CCCCCCC(NCC)c1c(CC)oc2ccccc12. The normalized spacial score (nSPS) is 12.9. The van der Waals surface area contributed by atoms with Gasteiger partial charge in [-0.25, -0.2) is 0 Å². The largest absolute Gasteiger partial charge is 0.461 e. The van der Waals surface area contributed by atoms with Gasteiger partial charge in [-0.05, 0) is 19.0 Å². The van der Waals surface area contributed by atoms with Crippen LogP contribution in [-0.4, -0.2) is 6.54 Å². The Hall–Kier alpha value is -1.28. The third-order valence-corrected chi connectivity index (χ3v) is 4.18. The average Bonchev–Trinajstić information content (AvgIpc) is 2.89. The minimum atomic E-state index is 0.422. The van der Waals surface area contributed by atoms with E-state index in [0.29, 0.717) is 6.04 Å². The van der Waals surface area contributed by atoms with Gasteiger partial charge in [-0.1, -0.05) is 64.7 Å². The Morgan fingerprint density at radius 1 is 1.05 bits per heavy atom. The van der Waals surface area contributed by atoms with Gasteiger partial charge in [0.15, 0.2) is 0 Å². The molecule has 0 aliphatic carbocycles. The van der Waals surface area contributed by atoms with Gasteiger partial charge >= 0.3 is 0 Å². The predicted molar refractivity (Wildman–Crippen MR) is 90.8 cm³/mol. The van der Waals surface area contributed by atoms with E-state index in [1.807, 2.05) is 0 Å². The van der Waals surface area contributed by atoms with E-state index in [-0.39, 0.29) is 0 Å². The highest BCUT2D eigenvalue weighted by atomic mass is 16.3. The van der Waals surface area contributed by atoms with Crippen molar-refractivity contribution in [3.05, 3.63) is 35.6 Å². The molecule has 2 nitrogen and oxygen atoms in total. The molecule has 2 heteroatoms. The van der Waals surface area contributed by atoms with Crippen molar-refractivity contribution in [2.24, 2.45) is 0 Å². The molecule has 1 unspecified atom stereocenters. The zero-order valence-electron chi connectivity index (χ0n) is 13.7. The van der Waals surface area contributed by atoms with E-state index in [2.05, 4.69) is 50.4 Å². The van der Waals surface area contributed by atoms with Crippen LogP contribution in [0.15, 0.2) is 28.7 Å². The Morgan fingerprint density at radius 2 is 1.86 bits per heavy atom. The summed E-state index contributed by atoms with van der Waals surface area (Å²) in [4.78, 5) is 0. The van der Waals surface area contributed by atoms with E-state index in [4.69, 9.17) is 4.42 Å². The summed E-state index contributed by atoms with van der Waals surface area (Å²) in [6.07, 6.45) is 7.40. The second-order valence-electron chi connectivity index (χ2n) is 5.75. The van der Waals surface area contributed by atoms with Crippen LogP contribution in [-0.2, 0) is 6.42 Å². The minimum absolute atomic E-state index is 0.422. The van der Waals surface area contributed by atoms with Gasteiger partial charge in [0.05, 0.1) is 0 Å². The van der Waals surface area contributed by atoms with Crippen molar-refractivity contribution in [3.8, 4) is 0 Å². The summed E-state index contributed by atoms with van der Waals surface area (Å²) >= 11 is 0. The van der Waals surface area contributed by atoms with Crippen molar-refractivity contribution in [1.82, 2.24) is 5.32 Å². The third-order valence-electron chi connectivity index (χ3n) is 4.18. The van der Waals surface area contributed by atoms with E-state index in [0.717, 1.165) is 24.3 Å². The maximum Gasteiger partial charge on any atom is 0.134 e. The Morgan fingerprint density at radius 3 is 2.57 bits per heavy atom. The zero-order chi connectivity index (χ0) is 15.1. The molecule has 1 atom stereocenters. The molecule has 0 bridgehead atoms. The lowest BCUT2D eigenvalue weighted by molar-refractivity contribution is 0.465. The van der Waals surface area contributed by atoms with E-state index >= 15 is 0 Å². The first-order chi connectivity index (χ1) is 10.3. The van der Waals surface area contributed by atoms with Crippen LogP contribution in [0.1, 0.15) is 70.2 Å². The summed E-state index contributed by atoms with van der Waals surface area (Å²) in [6.45, 7) is 7.63. The van der Waals surface area contributed by atoms with Crippen molar-refractivity contribution in [3.63, 3.8) is 0 Å². The molecule has 21 heavy (non-hydrogen) atoms. The number of benzene rings is 1. The van der Waals surface area contributed by atoms with Crippen molar-refractivity contribution in [1.29, 1.82) is 0 Å². The first-order valence-electron chi connectivity index (χ1n) is 8.55. The Bertz CT molecular complexity index is 543. The van der Waals surface area contributed by atoms with Crippen molar-refractivity contribution in [2.75, 3.05) is 6.54 Å². The van der Waals surface area contributed by atoms with Crippen molar-refractivity contribution < 1.29 is 4.42 Å². The van der Waals surface area contributed by atoms with Gasteiger partial charge in [-0.3, -0.25) is 0 Å². The molecule has 1 aromatic heterocycles. The fourth-order valence-corrected chi connectivity index (χ4v) is 3.13. The maximum absolute atomic E-state index is 6.06. The molecule has 0 aliphatic heterocycles. The van der Waals surface area contributed by atoms with E-state index in [9.17, 15) is 0 Å². The minimum Gasteiger partial charge on any atom is -0.461 e. The molecule has 0 fully saturated rings. The second kappa shape index (κ2) is 8.23. The first kappa shape index (κ1) is 16.1. The van der Waals surface area contributed by atoms with E-state index < -0.39 is 0 Å². The Balaban J connectivity index is 2.25. The maximum atomic E-state index is 6.06. The number of furan rings is 1. The van der Waals surface area contributed by atoms with Crippen LogP contribution in [0.3, 0.4) is 0 Å². The van der Waals surface area contributed by atoms with Crippen LogP contribution in [0.2, 0.25) is 0 Å². The lowest BCUT2D eigenvalue weighted by Crippen LogP contribution is -2.21. The van der Waals surface area contributed by atoms with Crippen LogP contribution in [0.25, 0.3) is 11.0 Å². The number of rotatable bonds is 9. The lowest BCUT2D eigenvalue weighted by Gasteiger charge is -2.18. The van der Waals surface area contributed by atoms with Crippen molar-refractivity contribution in [2.45, 2.75) is 65.3 Å². The van der Waals surface area contributed by atoms with Gasteiger partial charge in [0.1, 0.15) is 11.3 Å². The molecular formula is C19H29NO. The molecule has 0 radical (unpaired) electrons. The highest BCUT2D eigenvalue weighted by Gasteiger charge is 2.20. The van der Waals surface area contributed by atoms with Gasteiger partial charge in [0, 0.05) is 23.4 Å². The number of aryl methyl sites for hydroxylation is 1. The molecule has 0 saturated heterocycles. The number of unbranched alkanes of at least 4 members (excludes halogenated alkanes) is 3. The second-order valence-corrected chi connectivity index (χ2v) is 5.75. The highest BCUT2D eigenvalue weighted by molar-refractivity contribution is 5.82. The highest BCUT2D eigenvalue weighted by Crippen LogP contribution is 2.33. The van der Waals surface area contributed by atoms with Gasteiger partial charge in [0.2, 0.25) is 0 Å². The summed E-state index contributed by atoms with van der Waals surface area (Å²) in [6, 6.07) is 8.87. The molecule has 1 heterocycles. The Kier molecular flexibility index (Phi) is 6.31. The van der Waals surface area contributed by atoms with Gasteiger partial charge in [0.25, 0.3) is 0 Å². The summed E-state index contributed by atoms with van der Waals surface area (Å²) < 4.78 is 6.06. The molecule has 2 aromatic rings. The Labute approximate surface area is 128 Å². The van der Waals surface area contributed by atoms with Crippen LogP contribution < -0.4 is 5.32 Å². The van der Waals surface area contributed by atoms with Crippen molar-refractivity contribution >= 4 is 11.0 Å². The summed E-state index contributed by atoms with van der Waals surface area (Å²) in [7, 11) is 0. The molecule has 1 N–H and O–H groups in total. The zero-order valence-corrected chi connectivity index (χ0v) is 13.7. The fraction of sp³-hybridized carbons (Fsp3) is 0.579. The van der Waals surface area contributed by atoms with E-state index in [1.165, 1.54) is 43.1 Å². The topological polar surface area (TPSA) is 25.2 Å². The van der Waals surface area contributed by atoms with Crippen LogP contribution in [0.4, 0.5) is 0 Å². The fourth-order valence-electron chi connectivity index (χ4n) is 3.13. The standard InChI is InChI=1S/C19H29NO/c1-4-7-8-9-13-16(20-6-3)19-15-12-10-11-14-18(15)21-17(19)5-2/h10-12,14,16,20H,4-9,13H2,1-3H3. The number of fused-ring (bicyclic) bond motifs is 1. The van der Waals surface area contributed by atoms with Gasteiger partial charge < -0.3 is 9.73 Å². The molecule has 1 aromatic carbocycles. The molecule has 2 rings (SSSR count). The molecule has 0 saturated carbocycles. The predicted octanol–water partition coefficient (Wildman–Crippen LogP) is 5.62. The number of nitrogens with one attached hydrogen (secondary N) is 1. The van der Waals surface area contributed by atoms with Crippen LogP contribution in [0.5, 0.6) is 0 Å². The number of para-hydroxylation sites is 1. The van der Waals surface area contributed by atoms with Crippen LogP contribution >= 0.6 is 0 Å². The molecule has 0 aliphatic rings. The number of hydrogen-bond donors (Lipinski definition) is 1. The quantitative estimate of drug-likeness (QED) is 0.606. The summed E-state index contributed by atoms with van der Waals surface area (Å²) in [5.41, 5.74) is 2.42. The monoisotopic (exact) mass is 287 g/mol. The van der Waals surface area contributed by atoms with Gasteiger partial charge in [-0.15, -0.1) is 0 Å². The van der Waals surface area contributed by atoms with Crippen LogP contribution in [0, 0.1) is 0 Å². The first-order valence-corrected chi connectivity index (χ1v) is 8.55. The lowest BCUT2D eigenvalue weighted by atomic mass is 9.96.